The van der Waals surface area contributed by atoms with E-state index in [-0.39, 0.29) is 6.54 Å². The van der Waals surface area contributed by atoms with Crippen LogP contribution in [-0.2, 0) is 4.79 Å². The largest absolute Gasteiger partial charge is 0.335 e. The molecule has 0 aliphatic rings. The predicted octanol–water partition coefficient (Wildman–Crippen LogP) is 2.70. The highest BCUT2D eigenvalue weighted by Crippen LogP contribution is 2.06. The van der Waals surface area contributed by atoms with Gasteiger partial charge in [-0.25, -0.2) is 13.6 Å². The number of amides is 3. The van der Waals surface area contributed by atoms with Crippen LogP contribution >= 0.6 is 0 Å². The first-order valence-electron chi connectivity index (χ1n) is 7.13. The Morgan fingerprint density at radius 1 is 1.23 bits per heavy atom. The average Bonchev–Trinajstić information content (AvgIpc) is 2.46. The van der Waals surface area contributed by atoms with Crippen molar-refractivity contribution in [3.8, 4) is 0 Å². The summed E-state index contributed by atoms with van der Waals surface area (Å²) in [4.78, 5) is 25.0. The lowest BCUT2D eigenvalue weighted by Gasteiger charge is -2.25. The smallest absolute Gasteiger partial charge is 0.319 e. The maximum atomic E-state index is 12.5. The summed E-state index contributed by atoms with van der Waals surface area (Å²) in [5.74, 6) is -0.523. The number of benzene rings is 1. The number of alkyl halides is 2. The Kier molecular flexibility index (Phi) is 7.28. The molecule has 0 saturated heterocycles. The van der Waals surface area contributed by atoms with E-state index in [1.165, 1.54) is 6.92 Å². The minimum Gasteiger partial charge on any atom is -0.335 e. The third-order valence-corrected chi connectivity index (χ3v) is 2.91. The molecule has 0 heterocycles. The van der Waals surface area contributed by atoms with Gasteiger partial charge in [-0.1, -0.05) is 25.1 Å². The van der Waals surface area contributed by atoms with E-state index >= 15 is 0 Å². The fourth-order valence-electron chi connectivity index (χ4n) is 1.95. The standard InChI is InChI=1S/C15H21F2N3O2/c1-3-9-20(10-13(16)17)14(21)11(2)18-15(22)19-12-7-5-4-6-8-12/h4-8,11,13H,3,9-10H2,1-2H3,(H2,18,19,22)/t11-/m0/s1. The first-order valence-corrected chi connectivity index (χ1v) is 7.13. The van der Waals surface area contributed by atoms with Crippen LogP contribution < -0.4 is 10.6 Å². The molecule has 0 saturated carbocycles. The number of hydrogen-bond acceptors (Lipinski definition) is 2. The second-order valence-electron chi connectivity index (χ2n) is 4.86. The van der Waals surface area contributed by atoms with Crippen LogP contribution in [0.2, 0.25) is 0 Å². The van der Waals surface area contributed by atoms with E-state index in [2.05, 4.69) is 10.6 Å². The maximum Gasteiger partial charge on any atom is 0.319 e. The van der Waals surface area contributed by atoms with Crippen LogP contribution in [0, 0.1) is 0 Å². The summed E-state index contributed by atoms with van der Waals surface area (Å²) < 4.78 is 25.0. The molecule has 7 heteroatoms. The van der Waals surface area contributed by atoms with E-state index in [4.69, 9.17) is 0 Å². The quantitative estimate of drug-likeness (QED) is 0.813. The van der Waals surface area contributed by atoms with Crippen LogP contribution in [0.3, 0.4) is 0 Å². The molecule has 0 aliphatic carbocycles. The van der Waals surface area contributed by atoms with Gasteiger partial charge in [-0.05, 0) is 25.5 Å². The Hall–Kier alpha value is -2.18. The van der Waals surface area contributed by atoms with Crippen molar-refractivity contribution in [2.75, 3.05) is 18.4 Å². The highest BCUT2D eigenvalue weighted by Gasteiger charge is 2.23. The van der Waals surface area contributed by atoms with Crippen molar-refractivity contribution in [3.63, 3.8) is 0 Å². The molecule has 22 heavy (non-hydrogen) atoms. The van der Waals surface area contributed by atoms with E-state index in [9.17, 15) is 18.4 Å². The van der Waals surface area contributed by atoms with Crippen LogP contribution in [0.15, 0.2) is 30.3 Å². The first-order chi connectivity index (χ1) is 10.4. The van der Waals surface area contributed by atoms with Gasteiger partial charge in [0.15, 0.2) is 0 Å². The Morgan fingerprint density at radius 2 is 1.86 bits per heavy atom. The molecule has 0 fully saturated rings. The zero-order valence-electron chi connectivity index (χ0n) is 12.7. The van der Waals surface area contributed by atoms with Crippen molar-refractivity contribution in [2.24, 2.45) is 0 Å². The number of hydrogen-bond donors (Lipinski definition) is 2. The van der Waals surface area contributed by atoms with E-state index in [1.807, 2.05) is 6.07 Å². The Balaban J connectivity index is 2.56. The SMILES string of the molecule is CCCN(CC(F)F)C(=O)[C@H](C)NC(=O)Nc1ccccc1. The first kappa shape index (κ1) is 17.9. The van der Waals surface area contributed by atoms with E-state index in [0.29, 0.717) is 12.1 Å². The predicted molar refractivity (Wildman–Crippen MR) is 80.9 cm³/mol. The number of nitrogens with zero attached hydrogens (tertiary/aromatic N) is 1. The topological polar surface area (TPSA) is 61.4 Å². The molecule has 3 amide bonds. The minimum absolute atomic E-state index is 0.232. The Bertz CT molecular complexity index is 483. The Morgan fingerprint density at radius 3 is 2.41 bits per heavy atom. The fourth-order valence-corrected chi connectivity index (χ4v) is 1.95. The Labute approximate surface area is 128 Å². The molecule has 5 nitrogen and oxygen atoms in total. The lowest BCUT2D eigenvalue weighted by Crippen LogP contribution is -2.49. The summed E-state index contributed by atoms with van der Waals surface area (Å²) in [6, 6.07) is 7.29. The number of rotatable bonds is 7. The summed E-state index contributed by atoms with van der Waals surface area (Å²) in [7, 11) is 0. The van der Waals surface area contributed by atoms with Gasteiger partial charge in [-0.15, -0.1) is 0 Å². The van der Waals surface area contributed by atoms with E-state index in [1.54, 1.807) is 31.2 Å². The second kappa shape index (κ2) is 8.96. The summed E-state index contributed by atoms with van der Waals surface area (Å²) in [5.41, 5.74) is 0.581. The molecule has 1 aromatic rings. The molecule has 0 aliphatic heterocycles. The number of nitrogens with one attached hydrogen (secondary N) is 2. The highest BCUT2D eigenvalue weighted by molar-refractivity contribution is 5.93. The van der Waals surface area contributed by atoms with E-state index in [0.717, 1.165) is 4.90 Å². The number of urea groups is 1. The summed E-state index contributed by atoms with van der Waals surface area (Å²) in [6.45, 7) is 2.88. The van der Waals surface area contributed by atoms with Gasteiger partial charge in [-0.2, -0.15) is 0 Å². The van der Waals surface area contributed by atoms with Gasteiger partial charge in [0.25, 0.3) is 6.43 Å². The highest BCUT2D eigenvalue weighted by atomic mass is 19.3. The number of anilines is 1. The lowest BCUT2D eigenvalue weighted by molar-refractivity contribution is -0.134. The van der Waals surface area contributed by atoms with Crippen molar-refractivity contribution < 1.29 is 18.4 Å². The van der Waals surface area contributed by atoms with Crippen molar-refractivity contribution >= 4 is 17.6 Å². The molecule has 122 valence electrons. The van der Waals surface area contributed by atoms with Gasteiger partial charge in [0, 0.05) is 12.2 Å². The lowest BCUT2D eigenvalue weighted by atomic mass is 10.2. The maximum absolute atomic E-state index is 12.5. The van der Waals surface area contributed by atoms with Crippen molar-refractivity contribution in [2.45, 2.75) is 32.7 Å². The van der Waals surface area contributed by atoms with Crippen molar-refractivity contribution in [3.05, 3.63) is 30.3 Å². The molecule has 0 radical (unpaired) electrons. The molecule has 2 N–H and O–H groups in total. The zero-order chi connectivity index (χ0) is 16.5. The number of para-hydroxylation sites is 1. The van der Waals surface area contributed by atoms with Gasteiger partial charge in [0.1, 0.15) is 6.04 Å². The number of carbonyl (C=O) groups excluding carboxylic acids is 2. The molecule has 1 atom stereocenters. The summed E-state index contributed by atoms with van der Waals surface area (Å²) in [6.07, 6.45) is -2.03. The van der Waals surface area contributed by atoms with Gasteiger partial charge in [0.05, 0.1) is 6.54 Å². The zero-order valence-corrected chi connectivity index (χ0v) is 12.7. The van der Waals surface area contributed by atoms with Gasteiger partial charge in [0.2, 0.25) is 5.91 Å². The van der Waals surface area contributed by atoms with Crippen LogP contribution in [-0.4, -0.2) is 42.4 Å². The second-order valence-corrected chi connectivity index (χ2v) is 4.86. The molecular formula is C15H21F2N3O2. The molecule has 1 rings (SSSR count). The third kappa shape index (κ3) is 6.07. The molecular weight excluding hydrogens is 292 g/mol. The number of carbonyl (C=O) groups is 2. The summed E-state index contributed by atoms with van der Waals surface area (Å²) >= 11 is 0. The van der Waals surface area contributed by atoms with Gasteiger partial charge >= 0.3 is 6.03 Å². The van der Waals surface area contributed by atoms with Gasteiger partial charge < -0.3 is 15.5 Å². The molecule has 0 bridgehead atoms. The fraction of sp³-hybridized carbons (Fsp3) is 0.467. The van der Waals surface area contributed by atoms with Crippen LogP contribution in [0.4, 0.5) is 19.3 Å². The average molecular weight is 313 g/mol. The van der Waals surface area contributed by atoms with Gasteiger partial charge in [-0.3, -0.25) is 4.79 Å². The molecule has 0 spiro atoms. The third-order valence-electron chi connectivity index (χ3n) is 2.91. The normalized spacial score (nSPS) is 11.9. The molecule has 1 aromatic carbocycles. The van der Waals surface area contributed by atoms with Crippen LogP contribution in [0.1, 0.15) is 20.3 Å². The van der Waals surface area contributed by atoms with Crippen LogP contribution in [0.5, 0.6) is 0 Å². The monoisotopic (exact) mass is 313 g/mol. The van der Waals surface area contributed by atoms with Crippen molar-refractivity contribution in [1.29, 1.82) is 0 Å². The van der Waals surface area contributed by atoms with Crippen LogP contribution in [0.25, 0.3) is 0 Å². The molecule has 0 aromatic heterocycles. The summed E-state index contributed by atoms with van der Waals surface area (Å²) in [5, 5.41) is 5.02. The van der Waals surface area contributed by atoms with Crippen molar-refractivity contribution in [1.82, 2.24) is 10.2 Å². The van der Waals surface area contributed by atoms with E-state index < -0.39 is 31.0 Å². The minimum atomic E-state index is -2.60. The molecule has 0 unspecified atom stereocenters. The number of halogens is 2.